The van der Waals surface area contributed by atoms with Crippen LogP contribution in [0.1, 0.15) is 52.6 Å². The predicted molar refractivity (Wildman–Crippen MR) is 197 cm³/mol. The summed E-state index contributed by atoms with van der Waals surface area (Å²) in [6.45, 7) is 0.239. The van der Waals surface area contributed by atoms with Crippen LogP contribution >= 0.6 is 0 Å². The van der Waals surface area contributed by atoms with E-state index in [-0.39, 0.29) is 94.0 Å². The van der Waals surface area contributed by atoms with E-state index in [0.717, 1.165) is 0 Å². The summed E-state index contributed by atoms with van der Waals surface area (Å²) in [5.41, 5.74) is 13.3. The number of fused-ring (bicyclic) bond motifs is 8. The summed E-state index contributed by atoms with van der Waals surface area (Å²) < 4.78 is 14.7. The molecule has 0 fully saturated rings. The Hall–Kier alpha value is -7.07. The number of hydrogen-bond donors (Lipinski definition) is 5. The van der Waals surface area contributed by atoms with E-state index in [1.807, 2.05) is 0 Å². The largest absolute Gasteiger partial charge is 0.494 e. The maximum atomic E-state index is 13.1. The normalized spacial score (nSPS) is 12.5. The number of carboxylic acids is 2. The molecule has 2 aliphatic rings. The molecule has 0 atom stereocenters. The van der Waals surface area contributed by atoms with Crippen LogP contribution in [0.4, 0.5) is 0 Å². The number of methoxy groups -OCH3 is 2. The SMILES string of the molecule is CN.COc1c(C=O)ccc2c1nc1n2CCn2c(nc3c(OC)c(C(N)=O)ccc32)-c2ccc(cc2C(=O)O)CNC(=O)Cc2ccc(C(=O)O)c-1c2. The predicted octanol–water partition coefficient (Wildman–Crippen LogP) is 3.49. The first-order valence-electron chi connectivity index (χ1n) is 16.5. The molecule has 2 aromatic heterocycles. The number of ether oxygens (including phenoxy) is 2. The number of carbonyl (C=O) groups is 5. The van der Waals surface area contributed by atoms with Crippen LogP contribution in [0.2, 0.25) is 0 Å². The van der Waals surface area contributed by atoms with Crippen molar-refractivity contribution in [2.75, 3.05) is 21.3 Å². The molecule has 6 aromatic rings. The van der Waals surface area contributed by atoms with Gasteiger partial charge in [0, 0.05) is 30.8 Å². The molecule has 276 valence electrons. The van der Waals surface area contributed by atoms with E-state index in [1.54, 1.807) is 51.6 Å². The number of aryl methyl sites for hydroxylation is 2. The zero-order valence-corrected chi connectivity index (χ0v) is 29.4. The van der Waals surface area contributed by atoms with Crippen molar-refractivity contribution in [1.82, 2.24) is 24.4 Å². The van der Waals surface area contributed by atoms with Crippen LogP contribution in [0.15, 0.2) is 60.7 Å². The number of aromatic nitrogens is 4. The second kappa shape index (κ2) is 14.9. The Morgan fingerprint density at radius 3 is 1.93 bits per heavy atom. The number of amides is 2. The minimum Gasteiger partial charge on any atom is -0.494 e. The molecular formula is C38H35N7O9. The van der Waals surface area contributed by atoms with E-state index in [4.69, 9.17) is 25.2 Å². The van der Waals surface area contributed by atoms with Gasteiger partial charge in [-0.2, -0.15) is 0 Å². The van der Waals surface area contributed by atoms with Gasteiger partial charge >= 0.3 is 11.9 Å². The van der Waals surface area contributed by atoms with Crippen molar-refractivity contribution in [2.24, 2.45) is 11.5 Å². The van der Waals surface area contributed by atoms with Crippen molar-refractivity contribution in [3.63, 3.8) is 0 Å². The number of aldehydes is 1. The molecule has 0 spiro atoms. The van der Waals surface area contributed by atoms with Gasteiger partial charge in [-0.15, -0.1) is 0 Å². The molecule has 4 aromatic carbocycles. The number of nitrogens with one attached hydrogen (secondary N) is 1. The lowest BCUT2D eigenvalue weighted by atomic mass is 10.0. The zero-order valence-electron chi connectivity index (χ0n) is 29.4. The highest BCUT2D eigenvalue weighted by Crippen LogP contribution is 2.37. The van der Waals surface area contributed by atoms with E-state index >= 15 is 0 Å². The first-order chi connectivity index (χ1) is 26.0. The van der Waals surface area contributed by atoms with Gasteiger partial charge < -0.3 is 45.6 Å². The van der Waals surface area contributed by atoms with Crippen LogP contribution in [0, 0.1) is 0 Å². The van der Waals surface area contributed by atoms with Crippen LogP contribution in [-0.2, 0) is 30.8 Å². The van der Waals surface area contributed by atoms with Gasteiger partial charge in [0.05, 0.1) is 53.9 Å². The molecule has 54 heavy (non-hydrogen) atoms. The maximum absolute atomic E-state index is 13.1. The monoisotopic (exact) mass is 733 g/mol. The molecule has 2 amide bonds. The van der Waals surface area contributed by atoms with Crippen LogP contribution < -0.4 is 26.3 Å². The van der Waals surface area contributed by atoms with Gasteiger partial charge in [0.15, 0.2) is 17.8 Å². The van der Waals surface area contributed by atoms with Gasteiger partial charge in [0.25, 0.3) is 5.91 Å². The van der Waals surface area contributed by atoms with E-state index in [1.165, 1.54) is 39.5 Å². The molecule has 2 aliphatic heterocycles. The molecule has 0 saturated heterocycles. The Morgan fingerprint density at radius 1 is 0.759 bits per heavy atom. The Bertz CT molecular complexity index is 2520. The second-order valence-corrected chi connectivity index (χ2v) is 12.0. The minimum atomic E-state index is -1.23. The second-order valence-electron chi connectivity index (χ2n) is 12.0. The first kappa shape index (κ1) is 36.7. The van der Waals surface area contributed by atoms with E-state index in [9.17, 15) is 34.2 Å². The third-order valence-corrected chi connectivity index (χ3v) is 9.09. The smallest absolute Gasteiger partial charge is 0.336 e. The maximum Gasteiger partial charge on any atom is 0.336 e. The van der Waals surface area contributed by atoms with Crippen LogP contribution in [-0.4, -0.2) is 80.6 Å². The van der Waals surface area contributed by atoms with E-state index in [0.29, 0.717) is 34.0 Å². The summed E-state index contributed by atoms with van der Waals surface area (Å²) in [4.78, 5) is 72.4. The highest BCUT2D eigenvalue weighted by atomic mass is 16.5. The lowest BCUT2D eigenvalue weighted by Gasteiger charge is -2.16. The third kappa shape index (κ3) is 6.34. The average Bonchev–Trinajstić information content (AvgIpc) is 3.73. The molecule has 4 heterocycles. The molecule has 0 saturated carbocycles. The van der Waals surface area contributed by atoms with E-state index < -0.39 is 17.8 Å². The standard InChI is InChI=1S/C37H30N6O9.CH5N/c1-51-31-20(17-44)5-9-26-29(31)40-35-24-13-18(3-7-22(24)36(47)48)15-28(45)39-16-19-4-6-21(25(14-19)37(49)50)34-41-30-27(42(34)11-12-43(26)35)10-8-23(33(38)46)32(30)52-2;1-2/h3-10,13-14,17H,11-12,15-16H2,1-2H3,(H2,38,46)(H,39,45)(H,47,48)(H,49,50);2H2,1H3. The zero-order chi connectivity index (χ0) is 38.8. The molecule has 7 N–H and O–H groups in total. The van der Waals surface area contributed by atoms with Gasteiger partial charge in [-0.05, 0) is 60.6 Å². The number of imidazole rings is 2. The number of aromatic carboxylic acids is 2. The van der Waals surface area contributed by atoms with Crippen LogP contribution in [0.3, 0.4) is 0 Å². The molecule has 4 bridgehead atoms. The lowest BCUT2D eigenvalue weighted by molar-refractivity contribution is -0.120. The van der Waals surface area contributed by atoms with Gasteiger partial charge in [-0.1, -0.05) is 18.2 Å². The summed E-state index contributed by atoms with van der Waals surface area (Å²) in [5.74, 6) is -2.85. The molecular weight excluding hydrogens is 698 g/mol. The molecule has 16 nitrogen and oxygen atoms in total. The van der Waals surface area contributed by atoms with Gasteiger partial charge in [0.2, 0.25) is 5.91 Å². The van der Waals surface area contributed by atoms with Crippen molar-refractivity contribution in [3.05, 3.63) is 94.0 Å². The number of primary amides is 1. The minimum absolute atomic E-state index is 0.0142. The fourth-order valence-electron chi connectivity index (χ4n) is 6.72. The lowest BCUT2D eigenvalue weighted by Crippen LogP contribution is -2.24. The number of benzene rings is 4. The highest BCUT2D eigenvalue weighted by molar-refractivity contribution is 6.03. The van der Waals surface area contributed by atoms with Crippen molar-refractivity contribution in [2.45, 2.75) is 26.1 Å². The van der Waals surface area contributed by atoms with Crippen molar-refractivity contribution in [1.29, 1.82) is 0 Å². The molecule has 8 rings (SSSR count). The van der Waals surface area contributed by atoms with Crippen molar-refractivity contribution < 1.29 is 43.7 Å². The number of hydrogen-bond acceptors (Lipinski definition) is 10. The fraction of sp³-hybridized carbons (Fsp3) is 0.184. The Balaban J connectivity index is 0.00000245. The third-order valence-electron chi connectivity index (χ3n) is 9.09. The summed E-state index contributed by atoms with van der Waals surface area (Å²) in [6, 6.07) is 15.7. The fourth-order valence-corrected chi connectivity index (χ4v) is 6.72. The summed E-state index contributed by atoms with van der Waals surface area (Å²) in [7, 11) is 4.27. The summed E-state index contributed by atoms with van der Waals surface area (Å²) >= 11 is 0. The first-order valence-corrected chi connectivity index (χ1v) is 16.5. The molecule has 0 unspecified atom stereocenters. The van der Waals surface area contributed by atoms with Gasteiger partial charge in [-0.3, -0.25) is 14.4 Å². The van der Waals surface area contributed by atoms with Gasteiger partial charge in [-0.25, -0.2) is 19.6 Å². The highest BCUT2D eigenvalue weighted by Gasteiger charge is 2.27. The molecule has 0 radical (unpaired) electrons. The Kier molecular flexibility index (Phi) is 10.1. The average molecular weight is 734 g/mol. The quantitative estimate of drug-likeness (QED) is 0.155. The van der Waals surface area contributed by atoms with E-state index in [2.05, 4.69) is 11.1 Å². The van der Waals surface area contributed by atoms with Crippen LogP contribution in [0.5, 0.6) is 11.5 Å². The summed E-state index contributed by atoms with van der Waals surface area (Å²) in [6.07, 6.45) is 0.526. The number of carboxylic acid groups (broad SMARTS) is 2. The van der Waals surface area contributed by atoms with Crippen LogP contribution in [0.25, 0.3) is 44.8 Å². The van der Waals surface area contributed by atoms with Crippen molar-refractivity contribution in [3.8, 4) is 34.3 Å². The number of nitrogens with zero attached hydrogens (tertiary/aromatic N) is 4. The molecule has 16 heteroatoms. The Labute approximate surface area is 306 Å². The topological polar surface area (TPSA) is 244 Å². The van der Waals surface area contributed by atoms with Gasteiger partial charge in [0.1, 0.15) is 22.7 Å². The molecule has 0 aliphatic carbocycles. The number of carbonyl (C=O) groups excluding carboxylic acids is 3. The summed E-state index contributed by atoms with van der Waals surface area (Å²) in [5, 5.41) is 23.5. The van der Waals surface area contributed by atoms with Crippen molar-refractivity contribution >= 4 is 52.1 Å². The Morgan fingerprint density at radius 2 is 1.33 bits per heavy atom. The number of nitrogens with two attached hydrogens (primary N) is 2. The number of rotatable bonds is 6.